The molecular weight excluding hydrogens is 336 g/mol. The van der Waals surface area contributed by atoms with Gasteiger partial charge in [-0.3, -0.25) is 0 Å². The van der Waals surface area contributed by atoms with Gasteiger partial charge in [0.25, 0.3) is 0 Å². The van der Waals surface area contributed by atoms with Gasteiger partial charge in [0, 0.05) is 30.0 Å². The molecule has 136 valence electrons. The highest BCUT2D eigenvalue weighted by Crippen LogP contribution is 2.15. The Balaban J connectivity index is 2.49. The smallest absolute Gasteiger partial charge is 0.213 e. The molecule has 6 nitrogen and oxygen atoms in total. The zero-order valence-electron chi connectivity index (χ0n) is 15.1. The first-order valence-corrected chi connectivity index (χ1v) is 9.99. The molecule has 25 heavy (non-hydrogen) atoms. The third-order valence-corrected chi connectivity index (χ3v) is 5.61. The van der Waals surface area contributed by atoms with E-state index in [2.05, 4.69) is 26.6 Å². The van der Waals surface area contributed by atoms with E-state index in [0.717, 1.165) is 30.4 Å². The van der Waals surface area contributed by atoms with Crippen molar-refractivity contribution in [3.63, 3.8) is 0 Å². The van der Waals surface area contributed by atoms with Crippen molar-refractivity contribution in [1.82, 2.24) is 4.72 Å². The van der Waals surface area contributed by atoms with Crippen LogP contribution in [0.3, 0.4) is 0 Å². The van der Waals surface area contributed by atoms with E-state index in [4.69, 9.17) is 5.53 Å². The van der Waals surface area contributed by atoms with Crippen LogP contribution in [0, 0.1) is 11.8 Å². The molecule has 0 bridgehead atoms. The van der Waals surface area contributed by atoms with Crippen LogP contribution in [0.1, 0.15) is 57.1 Å². The number of sulfonamides is 1. The fourth-order valence-electron chi connectivity index (χ4n) is 2.03. The van der Waals surface area contributed by atoms with Crippen LogP contribution in [0.2, 0.25) is 0 Å². The van der Waals surface area contributed by atoms with Gasteiger partial charge in [-0.05, 0) is 55.8 Å². The summed E-state index contributed by atoms with van der Waals surface area (Å²) in [4.78, 5) is 2.71. The Labute approximate surface area is 150 Å². The van der Waals surface area contributed by atoms with Gasteiger partial charge in [0.1, 0.15) is 0 Å². The van der Waals surface area contributed by atoms with Crippen LogP contribution in [-0.2, 0) is 10.0 Å². The Morgan fingerprint density at radius 3 is 2.48 bits per heavy atom. The summed E-state index contributed by atoms with van der Waals surface area (Å²) in [5.74, 6) is 6.31. The van der Waals surface area contributed by atoms with Crippen molar-refractivity contribution in [1.29, 1.82) is 0 Å². The van der Waals surface area contributed by atoms with Crippen LogP contribution in [0.5, 0.6) is 0 Å². The molecule has 0 aromatic heterocycles. The molecule has 0 aliphatic carbocycles. The SMILES string of the molecule is CC(C)S(=O)(=O)NC[C@H](C)c1ccc(C#CCCCCN=[N+]=[N-])cc1. The van der Waals surface area contributed by atoms with Gasteiger partial charge in [-0.25, -0.2) is 13.1 Å². The van der Waals surface area contributed by atoms with Gasteiger partial charge in [0.15, 0.2) is 0 Å². The van der Waals surface area contributed by atoms with E-state index in [1.54, 1.807) is 13.8 Å². The lowest BCUT2D eigenvalue weighted by Crippen LogP contribution is -2.33. The normalized spacial score (nSPS) is 12.2. The van der Waals surface area contributed by atoms with E-state index in [-0.39, 0.29) is 5.92 Å². The lowest BCUT2D eigenvalue weighted by Gasteiger charge is -2.15. The van der Waals surface area contributed by atoms with E-state index >= 15 is 0 Å². The van der Waals surface area contributed by atoms with Gasteiger partial charge < -0.3 is 0 Å². The number of rotatable bonds is 9. The number of unbranched alkanes of at least 4 members (excludes halogenated alkanes) is 2. The van der Waals surface area contributed by atoms with Crippen molar-refractivity contribution in [2.75, 3.05) is 13.1 Å². The standard InChI is InChI=1S/C18H26N4O2S/c1-15(2)25(23,24)21-14-16(3)18-11-9-17(10-12-18)8-6-4-5-7-13-20-22-19/h9-12,15-16,21H,4-5,7,13-14H2,1-3H3/t16-/m0/s1. The molecule has 0 fully saturated rings. The average Bonchev–Trinajstić information content (AvgIpc) is 2.59. The summed E-state index contributed by atoms with van der Waals surface area (Å²) in [6.07, 6.45) is 2.54. The second-order valence-corrected chi connectivity index (χ2v) is 8.50. The van der Waals surface area contributed by atoms with Crippen molar-refractivity contribution in [2.24, 2.45) is 5.11 Å². The molecule has 0 radical (unpaired) electrons. The molecule has 0 heterocycles. The van der Waals surface area contributed by atoms with E-state index in [1.807, 2.05) is 31.2 Å². The molecule has 0 spiro atoms. The van der Waals surface area contributed by atoms with Gasteiger partial charge in [-0.1, -0.05) is 36.0 Å². The predicted molar refractivity (Wildman–Crippen MR) is 102 cm³/mol. The fraction of sp³-hybridized carbons (Fsp3) is 0.556. The quantitative estimate of drug-likeness (QED) is 0.237. The summed E-state index contributed by atoms with van der Waals surface area (Å²) in [7, 11) is -3.23. The lowest BCUT2D eigenvalue weighted by atomic mass is 10.0. The minimum absolute atomic E-state index is 0.0937. The lowest BCUT2D eigenvalue weighted by molar-refractivity contribution is 0.566. The van der Waals surface area contributed by atoms with E-state index < -0.39 is 15.3 Å². The van der Waals surface area contributed by atoms with E-state index in [1.165, 1.54) is 0 Å². The molecule has 0 amide bonds. The van der Waals surface area contributed by atoms with Crippen molar-refractivity contribution in [3.05, 3.63) is 45.8 Å². The average molecular weight is 362 g/mol. The monoisotopic (exact) mass is 362 g/mol. The Morgan fingerprint density at radius 1 is 1.20 bits per heavy atom. The highest BCUT2D eigenvalue weighted by molar-refractivity contribution is 7.90. The molecule has 7 heteroatoms. The summed E-state index contributed by atoms with van der Waals surface area (Å²) in [5, 5.41) is 3.06. The second kappa shape index (κ2) is 10.8. The minimum Gasteiger partial charge on any atom is -0.214 e. The number of nitrogens with zero attached hydrogens (tertiary/aromatic N) is 3. The topological polar surface area (TPSA) is 94.9 Å². The zero-order valence-corrected chi connectivity index (χ0v) is 15.9. The Hall–Kier alpha value is -2.00. The predicted octanol–water partition coefficient (Wildman–Crippen LogP) is 3.95. The number of benzene rings is 1. The highest BCUT2D eigenvalue weighted by Gasteiger charge is 2.16. The number of hydrogen-bond acceptors (Lipinski definition) is 3. The number of hydrogen-bond donors (Lipinski definition) is 1. The molecule has 1 atom stereocenters. The van der Waals surface area contributed by atoms with Gasteiger partial charge in [0.2, 0.25) is 10.0 Å². The van der Waals surface area contributed by atoms with Crippen LogP contribution in [-0.4, -0.2) is 26.8 Å². The van der Waals surface area contributed by atoms with Crippen molar-refractivity contribution in [3.8, 4) is 11.8 Å². The zero-order chi connectivity index (χ0) is 18.7. The van der Waals surface area contributed by atoms with E-state index in [0.29, 0.717) is 13.1 Å². The van der Waals surface area contributed by atoms with Gasteiger partial charge in [0.05, 0.1) is 5.25 Å². The fourth-order valence-corrected chi connectivity index (χ4v) is 2.84. The summed E-state index contributed by atoms with van der Waals surface area (Å²) in [5.41, 5.74) is 10.2. The first kappa shape index (κ1) is 21.0. The molecule has 1 N–H and O–H groups in total. The molecule has 1 aromatic rings. The third kappa shape index (κ3) is 8.08. The maximum atomic E-state index is 11.8. The third-order valence-electron chi connectivity index (χ3n) is 3.80. The van der Waals surface area contributed by atoms with Gasteiger partial charge >= 0.3 is 0 Å². The van der Waals surface area contributed by atoms with Crippen LogP contribution < -0.4 is 4.72 Å². The van der Waals surface area contributed by atoms with Crippen LogP contribution in [0.4, 0.5) is 0 Å². The molecule has 0 saturated heterocycles. The highest BCUT2D eigenvalue weighted by atomic mass is 32.2. The molecule has 0 aliphatic rings. The molecule has 1 aromatic carbocycles. The molecule has 0 saturated carbocycles. The van der Waals surface area contributed by atoms with Crippen LogP contribution >= 0.6 is 0 Å². The van der Waals surface area contributed by atoms with E-state index in [9.17, 15) is 8.42 Å². The first-order valence-electron chi connectivity index (χ1n) is 8.45. The van der Waals surface area contributed by atoms with Crippen molar-refractivity contribution >= 4 is 10.0 Å². The Morgan fingerprint density at radius 2 is 1.88 bits per heavy atom. The summed E-state index contributed by atoms with van der Waals surface area (Å²) >= 11 is 0. The molecular formula is C18H26N4O2S. The van der Waals surface area contributed by atoms with Crippen LogP contribution in [0.25, 0.3) is 10.4 Å². The van der Waals surface area contributed by atoms with Crippen molar-refractivity contribution < 1.29 is 8.42 Å². The molecule has 1 rings (SSSR count). The molecule has 0 unspecified atom stereocenters. The summed E-state index contributed by atoms with van der Waals surface area (Å²) in [6.45, 7) is 6.23. The van der Waals surface area contributed by atoms with Gasteiger partial charge in [-0.2, -0.15) is 0 Å². The summed E-state index contributed by atoms with van der Waals surface area (Å²) < 4.78 is 26.2. The second-order valence-electron chi connectivity index (χ2n) is 6.18. The maximum Gasteiger partial charge on any atom is 0.213 e. The van der Waals surface area contributed by atoms with Crippen molar-refractivity contribution in [2.45, 2.75) is 51.2 Å². The Bertz CT molecular complexity index is 740. The molecule has 0 aliphatic heterocycles. The Kier molecular flexibility index (Phi) is 9.07. The maximum absolute atomic E-state index is 11.8. The largest absolute Gasteiger partial charge is 0.214 e. The summed E-state index contributed by atoms with van der Waals surface area (Å²) in [6, 6.07) is 7.88. The first-order chi connectivity index (χ1) is 11.9. The number of azide groups is 1. The van der Waals surface area contributed by atoms with Crippen LogP contribution in [0.15, 0.2) is 29.4 Å². The van der Waals surface area contributed by atoms with Gasteiger partial charge in [-0.15, -0.1) is 0 Å². The minimum atomic E-state index is -3.23. The number of nitrogens with one attached hydrogen (secondary N) is 1.